The van der Waals surface area contributed by atoms with E-state index in [1.54, 1.807) is 6.20 Å². The normalized spacial score (nSPS) is 10.3. The second-order valence-electron chi connectivity index (χ2n) is 3.44. The van der Waals surface area contributed by atoms with Gasteiger partial charge >= 0.3 is 0 Å². The van der Waals surface area contributed by atoms with Crippen LogP contribution in [0.25, 0.3) is 0 Å². The van der Waals surface area contributed by atoms with Gasteiger partial charge in [0.1, 0.15) is 5.15 Å². The maximum Gasteiger partial charge on any atom is 0.143 e. The average Bonchev–Trinajstić information content (AvgIpc) is 2.32. The van der Waals surface area contributed by atoms with E-state index in [0.717, 1.165) is 21.2 Å². The van der Waals surface area contributed by atoms with Crippen LogP contribution in [-0.4, -0.2) is 4.98 Å². The molecule has 2 aromatic rings. The third-order valence-corrected chi connectivity index (χ3v) is 4.14. The third-order valence-electron chi connectivity index (χ3n) is 2.24. The minimum absolute atomic E-state index is 0.469. The van der Waals surface area contributed by atoms with Gasteiger partial charge in [-0.2, -0.15) is 0 Å². The van der Waals surface area contributed by atoms with Crippen LogP contribution in [0.4, 0.5) is 5.69 Å². The van der Waals surface area contributed by atoms with Gasteiger partial charge in [0.05, 0.1) is 16.4 Å². The molecule has 1 heterocycles. The lowest BCUT2D eigenvalue weighted by atomic mass is 10.2. The molecular weight excluding hydrogens is 367 g/mol. The van der Waals surface area contributed by atoms with Crippen molar-refractivity contribution in [2.24, 2.45) is 0 Å². The van der Waals surface area contributed by atoms with Gasteiger partial charge in [0.15, 0.2) is 0 Å². The summed E-state index contributed by atoms with van der Waals surface area (Å²) in [4.78, 5) is 4.06. The number of pyridine rings is 1. The van der Waals surface area contributed by atoms with E-state index in [1.807, 2.05) is 24.3 Å². The molecule has 0 unspecified atom stereocenters. The molecular formula is C12H9Br2ClN2. The van der Waals surface area contributed by atoms with Crippen LogP contribution in [0.1, 0.15) is 5.56 Å². The summed E-state index contributed by atoms with van der Waals surface area (Å²) in [5, 5.41) is 3.76. The van der Waals surface area contributed by atoms with Crippen molar-refractivity contribution in [1.82, 2.24) is 4.98 Å². The fraction of sp³-hybridized carbons (Fsp3) is 0.0833. The Morgan fingerprint density at radius 1 is 1.18 bits per heavy atom. The van der Waals surface area contributed by atoms with Gasteiger partial charge < -0.3 is 5.32 Å². The molecule has 88 valence electrons. The van der Waals surface area contributed by atoms with Gasteiger partial charge in [-0.05, 0) is 33.6 Å². The Kier molecular flexibility index (Phi) is 4.42. The van der Waals surface area contributed by atoms with Crippen LogP contribution in [0.5, 0.6) is 0 Å². The Hall–Kier alpha value is -0.580. The number of halogens is 3. The predicted octanol–water partition coefficient (Wildman–Crippen LogP) is 4.87. The zero-order valence-electron chi connectivity index (χ0n) is 8.75. The lowest BCUT2D eigenvalue weighted by Crippen LogP contribution is -2.00. The number of rotatable bonds is 3. The van der Waals surface area contributed by atoms with Crippen LogP contribution >= 0.6 is 43.5 Å². The van der Waals surface area contributed by atoms with Crippen molar-refractivity contribution in [3.8, 4) is 0 Å². The summed E-state index contributed by atoms with van der Waals surface area (Å²) in [5.74, 6) is 0. The van der Waals surface area contributed by atoms with E-state index in [0.29, 0.717) is 5.15 Å². The maximum absolute atomic E-state index is 5.83. The molecule has 0 bridgehead atoms. The summed E-state index contributed by atoms with van der Waals surface area (Å²) in [6.07, 6.45) is 1.71. The first-order valence-electron chi connectivity index (χ1n) is 4.95. The first kappa shape index (κ1) is 12.9. The van der Waals surface area contributed by atoms with Gasteiger partial charge in [-0.15, -0.1) is 0 Å². The monoisotopic (exact) mass is 374 g/mol. The zero-order chi connectivity index (χ0) is 12.3. The van der Waals surface area contributed by atoms with Crippen LogP contribution in [0.2, 0.25) is 5.15 Å². The van der Waals surface area contributed by atoms with E-state index in [9.17, 15) is 0 Å². The van der Waals surface area contributed by atoms with E-state index >= 15 is 0 Å². The van der Waals surface area contributed by atoms with Gasteiger partial charge in [0.2, 0.25) is 0 Å². The highest BCUT2D eigenvalue weighted by Gasteiger charge is 2.01. The standard InChI is InChI=1S/C12H9Br2ClN2/c13-10-4-2-1-3-8(10)6-16-9-5-11(14)12(15)17-7-9/h1-5,7,16H,6H2. The number of benzene rings is 1. The van der Waals surface area contributed by atoms with Gasteiger partial charge in [0, 0.05) is 11.0 Å². The minimum atomic E-state index is 0.469. The van der Waals surface area contributed by atoms with Crippen molar-refractivity contribution in [3.05, 3.63) is 56.2 Å². The SMILES string of the molecule is Clc1ncc(NCc2ccccc2Br)cc1Br. The molecule has 0 saturated heterocycles. The van der Waals surface area contributed by atoms with Crippen molar-refractivity contribution >= 4 is 49.1 Å². The van der Waals surface area contributed by atoms with Crippen molar-refractivity contribution in [2.45, 2.75) is 6.54 Å². The molecule has 0 fully saturated rings. The molecule has 2 rings (SSSR count). The Morgan fingerprint density at radius 2 is 1.94 bits per heavy atom. The molecule has 0 radical (unpaired) electrons. The lowest BCUT2D eigenvalue weighted by molar-refractivity contribution is 1.12. The Morgan fingerprint density at radius 3 is 2.65 bits per heavy atom. The second-order valence-corrected chi connectivity index (χ2v) is 5.51. The number of anilines is 1. The van der Waals surface area contributed by atoms with Crippen LogP contribution in [-0.2, 0) is 6.54 Å². The minimum Gasteiger partial charge on any atom is -0.380 e. The molecule has 0 saturated carbocycles. The van der Waals surface area contributed by atoms with E-state index in [1.165, 1.54) is 5.56 Å². The highest BCUT2D eigenvalue weighted by Crippen LogP contribution is 2.24. The maximum atomic E-state index is 5.83. The van der Waals surface area contributed by atoms with Crippen molar-refractivity contribution < 1.29 is 0 Å². The topological polar surface area (TPSA) is 24.9 Å². The van der Waals surface area contributed by atoms with Crippen LogP contribution < -0.4 is 5.32 Å². The number of nitrogens with one attached hydrogen (secondary N) is 1. The van der Waals surface area contributed by atoms with Gasteiger partial charge in [0.25, 0.3) is 0 Å². The highest BCUT2D eigenvalue weighted by atomic mass is 79.9. The summed E-state index contributed by atoms with van der Waals surface area (Å²) in [6, 6.07) is 10.0. The fourth-order valence-electron chi connectivity index (χ4n) is 1.36. The van der Waals surface area contributed by atoms with Crippen molar-refractivity contribution in [3.63, 3.8) is 0 Å². The van der Waals surface area contributed by atoms with Crippen molar-refractivity contribution in [1.29, 1.82) is 0 Å². The number of nitrogens with zero attached hydrogens (tertiary/aromatic N) is 1. The Balaban J connectivity index is 2.08. The Bertz CT molecular complexity index is 532. The highest BCUT2D eigenvalue weighted by molar-refractivity contribution is 9.10. The molecule has 0 spiro atoms. The van der Waals surface area contributed by atoms with E-state index in [-0.39, 0.29) is 0 Å². The van der Waals surface area contributed by atoms with Gasteiger partial charge in [-0.25, -0.2) is 4.98 Å². The number of hydrogen-bond acceptors (Lipinski definition) is 2. The second kappa shape index (κ2) is 5.85. The number of hydrogen-bond donors (Lipinski definition) is 1. The van der Waals surface area contributed by atoms with Crippen LogP contribution in [0.15, 0.2) is 45.5 Å². The molecule has 5 heteroatoms. The van der Waals surface area contributed by atoms with Crippen LogP contribution in [0.3, 0.4) is 0 Å². The molecule has 1 aromatic heterocycles. The molecule has 0 aliphatic heterocycles. The lowest BCUT2D eigenvalue weighted by Gasteiger charge is -2.08. The average molecular weight is 376 g/mol. The third kappa shape index (κ3) is 3.44. The van der Waals surface area contributed by atoms with E-state index < -0.39 is 0 Å². The molecule has 0 aliphatic rings. The first-order valence-corrected chi connectivity index (χ1v) is 6.91. The quantitative estimate of drug-likeness (QED) is 0.773. The molecule has 1 N–H and O–H groups in total. The Labute approximate surface area is 122 Å². The van der Waals surface area contributed by atoms with Gasteiger partial charge in [-0.3, -0.25) is 0 Å². The summed E-state index contributed by atoms with van der Waals surface area (Å²) in [6.45, 7) is 0.733. The molecule has 17 heavy (non-hydrogen) atoms. The molecule has 0 aliphatic carbocycles. The summed E-state index contributed by atoms with van der Waals surface area (Å²) in [7, 11) is 0. The molecule has 0 amide bonds. The summed E-state index contributed by atoms with van der Waals surface area (Å²) >= 11 is 12.7. The van der Waals surface area contributed by atoms with E-state index in [4.69, 9.17) is 11.6 Å². The van der Waals surface area contributed by atoms with Crippen molar-refractivity contribution in [2.75, 3.05) is 5.32 Å². The molecule has 1 aromatic carbocycles. The molecule has 0 atom stereocenters. The largest absolute Gasteiger partial charge is 0.380 e. The molecule has 2 nitrogen and oxygen atoms in total. The zero-order valence-corrected chi connectivity index (χ0v) is 12.7. The van der Waals surface area contributed by atoms with Crippen LogP contribution in [0, 0.1) is 0 Å². The smallest absolute Gasteiger partial charge is 0.143 e. The van der Waals surface area contributed by atoms with Gasteiger partial charge in [-0.1, -0.05) is 45.7 Å². The first-order chi connectivity index (χ1) is 8.16. The number of aromatic nitrogens is 1. The fourth-order valence-corrected chi connectivity index (χ4v) is 2.23. The summed E-state index contributed by atoms with van der Waals surface area (Å²) in [5.41, 5.74) is 2.12. The summed E-state index contributed by atoms with van der Waals surface area (Å²) < 4.78 is 1.88. The van der Waals surface area contributed by atoms with E-state index in [2.05, 4.69) is 48.2 Å². The predicted molar refractivity (Wildman–Crippen MR) is 78.4 cm³/mol.